The van der Waals surface area contributed by atoms with Gasteiger partial charge >= 0.3 is 0 Å². The Morgan fingerprint density at radius 3 is 2.47 bits per heavy atom. The first-order valence-electron chi connectivity index (χ1n) is 10.7. The summed E-state index contributed by atoms with van der Waals surface area (Å²) in [6.45, 7) is 6.28. The summed E-state index contributed by atoms with van der Waals surface area (Å²) in [5.74, 6) is 2.28. The first-order chi connectivity index (χ1) is 15.6. The van der Waals surface area contributed by atoms with Crippen LogP contribution in [0, 0.1) is 5.82 Å². The molecule has 0 unspecified atom stereocenters. The van der Waals surface area contributed by atoms with Crippen molar-refractivity contribution in [3.8, 4) is 17.2 Å². The summed E-state index contributed by atoms with van der Waals surface area (Å²) in [5.41, 5.74) is 2.93. The Morgan fingerprint density at radius 1 is 1.06 bits per heavy atom. The quantitative estimate of drug-likeness (QED) is 0.326. The van der Waals surface area contributed by atoms with Crippen molar-refractivity contribution in [3.05, 3.63) is 53.5 Å². The van der Waals surface area contributed by atoms with Gasteiger partial charge in [-0.25, -0.2) is 9.38 Å². The van der Waals surface area contributed by atoms with Gasteiger partial charge in [0.15, 0.2) is 17.5 Å². The molecule has 3 aromatic rings. The molecule has 0 spiro atoms. The standard InChI is InChI=1S/C24H31FN4O3/c1-5-26-24(27-10-9-17-15-28-20-8-7-18(25)13-19(17)20)29-14-16-11-21(30-3)23(32-6-2)22(12-16)31-4/h7-8,11-13,15,28H,5-6,9-10,14H2,1-4H3,(H2,26,27,29). The van der Waals surface area contributed by atoms with Crippen LogP contribution < -0.4 is 24.8 Å². The van der Waals surface area contributed by atoms with Gasteiger partial charge in [0.05, 0.1) is 27.4 Å². The molecule has 32 heavy (non-hydrogen) atoms. The van der Waals surface area contributed by atoms with Crippen LogP contribution in [-0.2, 0) is 13.0 Å². The molecule has 7 nitrogen and oxygen atoms in total. The lowest BCUT2D eigenvalue weighted by Crippen LogP contribution is -2.38. The van der Waals surface area contributed by atoms with E-state index in [1.807, 2.05) is 32.2 Å². The van der Waals surface area contributed by atoms with E-state index in [-0.39, 0.29) is 5.82 Å². The number of H-pyrrole nitrogens is 1. The van der Waals surface area contributed by atoms with Crippen LogP contribution in [0.15, 0.2) is 41.5 Å². The van der Waals surface area contributed by atoms with Crippen molar-refractivity contribution in [2.45, 2.75) is 26.8 Å². The van der Waals surface area contributed by atoms with Gasteiger partial charge < -0.3 is 29.8 Å². The second-order valence-corrected chi connectivity index (χ2v) is 7.14. The lowest BCUT2D eigenvalue weighted by Gasteiger charge is -2.15. The van der Waals surface area contributed by atoms with Gasteiger partial charge in [-0.05, 0) is 61.7 Å². The molecule has 0 amide bonds. The number of nitrogens with zero attached hydrogens (tertiary/aromatic N) is 1. The number of ether oxygens (including phenoxy) is 3. The van der Waals surface area contributed by atoms with Crippen molar-refractivity contribution in [2.24, 2.45) is 4.99 Å². The lowest BCUT2D eigenvalue weighted by molar-refractivity contribution is 0.288. The van der Waals surface area contributed by atoms with Gasteiger partial charge in [-0.2, -0.15) is 0 Å². The number of nitrogens with one attached hydrogen (secondary N) is 3. The van der Waals surface area contributed by atoms with Gasteiger partial charge in [0.25, 0.3) is 0 Å². The second kappa shape index (κ2) is 11.3. The normalized spacial score (nSPS) is 11.5. The minimum atomic E-state index is -0.234. The number of halogens is 1. The molecule has 0 saturated carbocycles. The van der Waals surface area contributed by atoms with Crippen LogP contribution in [0.4, 0.5) is 4.39 Å². The highest BCUT2D eigenvalue weighted by Gasteiger charge is 2.14. The summed E-state index contributed by atoms with van der Waals surface area (Å²) >= 11 is 0. The molecule has 0 bridgehead atoms. The highest BCUT2D eigenvalue weighted by molar-refractivity contribution is 5.83. The Labute approximate surface area is 188 Å². The van der Waals surface area contributed by atoms with E-state index < -0.39 is 0 Å². The third-order valence-corrected chi connectivity index (χ3v) is 4.99. The van der Waals surface area contributed by atoms with Gasteiger partial charge in [0, 0.05) is 30.2 Å². The van der Waals surface area contributed by atoms with Gasteiger partial charge in [-0.15, -0.1) is 0 Å². The van der Waals surface area contributed by atoms with E-state index in [1.165, 1.54) is 6.07 Å². The van der Waals surface area contributed by atoms with Crippen LogP contribution in [0.5, 0.6) is 17.2 Å². The molecule has 1 heterocycles. The number of guanidine groups is 1. The van der Waals surface area contributed by atoms with Crippen LogP contribution in [0.25, 0.3) is 10.9 Å². The van der Waals surface area contributed by atoms with E-state index in [2.05, 4.69) is 20.6 Å². The first-order valence-corrected chi connectivity index (χ1v) is 10.7. The van der Waals surface area contributed by atoms with Crippen LogP contribution >= 0.6 is 0 Å². The molecule has 0 aliphatic carbocycles. The molecular formula is C24H31FN4O3. The molecule has 3 rings (SSSR count). The summed E-state index contributed by atoms with van der Waals surface area (Å²) in [5, 5.41) is 7.50. The monoisotopic (exact) mass is 442 g/mol. The average molecular weight is 443 g/mol. The summed E-state index contributed by atoms with van der Waals surface area (Å²) in [6.07, 6.45) is 2.66. The lowest BCUT2D eigenvalue weighted by atomic mass is 10.1. The highest BCUT2D eigenvalue weighted by Crippen LogP contribution is 2.38. The van der Waals surface area contributed by atoms with Crippen LogP contribution in [0.1, 0.15) is 25.0 Å². The molecule has 0 aliphatic heterocycles. The molecule has 0 radical (unpaired) electrons. The number of rotatable bonds is 10. The van der Waals surface area contributed by atoms with E-state index in [4.69, 9.17) is 14.2 Å². The van der Waals surface area contributed by atoms with E-state index in [1.54, 1.807) is 26.4 Å². The van der Waals surface area contributed by atoms with Crippen molar-refractivity contribution in [1.29, 1.82) is 0 Å². The minimum Gasteiger partial charge on any atom is -0.493 e. The molecule has 0 fully saturated rings. The first kappa shape index (κ1) is 23.2. The molecule has 2 aromatic carbocycles. The summed E-state index contributed by atoms with van der Waals surface area (Å²) in [7, 11) is 3.21. The number of benzene rings is 2. The van der Waals surface area contributed by atoms with Crippen molar-refractivity contribution < 1.29 is 18.6 Å². The molecule has 0 atom stereocenters. The number of methoxy groups -OCH3 is 2. The zero-order valence-corrected chi connectivity index (χ0v) is 19.0. The number of hydrogen-bond acceptors (Lipinski definition) is 4. The molecule has 8 heteroatoms. The zero-order valence-electron chi connectivity index (χ0n) is 19.0. The third-order valence-electron chi connectivity index (χ3n) is 4.99. The average Bonchev–Trinajstić information content (AvgIpc) is 3.20. The largest absolute Gasteiger partial charge is 0.493 e. The predicted molar refractivity (Wildman–Crippen MR) is 125 cm³/mol. The number of aliphatic imine (C=N–C) groups is 1. The second-order valence-electron chi connectivity index (χ2n) is 7.14. The fourth-order valence-corrected chi connectivity index (χ4v) is 3.50. The van der Waals surface area contributed by atoms with Crippen molar-refractivity contribution in [1.82, 2.24) is 15.6 Å². The summed E-state index contributed by atoms with van der Waals surface area (Å²) in [4.78, 5) is 7.87. The highest BCUT2D eigenvalue weighted by atomic mass is 19.1. The molecule has 3 N–H and O–H groups in total. The third kappa shape index (κ3) is 5.63. The van der Waals surface area contributed by atoms with Crippen LogP contribution in [0.3, 0.4) is 0 Å². The van der Waals surface area contributed by atoms with Gasteiger partial charge in [0.2, 0.25) is 5.75 Å². The Balaban J connectivity index is 1.68. The van der Waals surface area contributed by atoms with Crippen LogP contribution in [0.2, 0.25) is 0 Å². The van der Waals surface area contributed by atoms with Gasteiger partial charge in [-0.3, -0.25) is 0 Å². The number of fused-ring (bicyclic) bond motifs is 1. The van der Waals surface area contributed by atoms with Crippen molar-refractivity contribution >= 4 is 16.9 Å². The molecular weight excluding hydrogens is 411 g/mol. The summed E-state index contributed by atoms with van der Waals surface area (Å²) in [6, 6.07) is 8.59. The van der Waals surface area contributed by atoms with Crippen LogP contribution in [-0.4, -0.2) is 44.9 Å². The minimum absolute atomic E-state index is 0.234. The maximum atomic E-state index is 13.6. The Bertz CT molecular complexity index is 1040. The summed E-state index contributed by atoms with van der Waals surface area (Å²) < 4.78 is 30.2. The van der Waals surface area contributed by atoms with E-state index >= 15 is 0 Å². The smallest absolute Gasteiger partial charge is 0.203 e. The molecule has 1 aromatic heterocycles. The molecule has 0 aliphatic rings. The Hall–Kier alpha value is -3.42. The van der Waals surface area contributed by atoms with E-state index in [9.17, 15) is 4.39 Å². The maximum Gasteiger partial charge on any atom is 0.203 e. The van der Waals surface area contributed by atoms with Gasteiger partial charge in [-0.1, -0.05) is 0 Å². The van der Waals surface area contributed by atoms with E-state index in [0.29, 0.717) is 42.9 Å². The van der Waals surface area contributed by atoms with Crippen molar-refractivity contribution in [3.63, 3.8) is 0 Å². The fraction of sp³-hybridized carbons (Fsp3) is 0.375. The van der Waals surface area contributed by atoms with Gasteiger partial charge in [0.1, 0.15) is 5.82 Å². The predicted octanol–water partition coefficient (Wildman–Crippen LogP) is 4.02. The number of aromatic amines is 1. The number of aromatic nitrogens is 1. The zero-order chi connectivity index (χ0) is 22.9. The fourth-order valence-electron chi connectivity index (χ4n) is 3.50. The van der Waals surface area contributed by atoms with E-state index in [0.717, 1.165) is 35.0 Å². The van der Waals surface area contributed by atoms with Crippen molar-refractivity contribution in [2.75, 3.05) is 33.9 Å². The molecule has 0 saturated heterocycles. The Kier molecular flexibility index (Phi) is 8.19. The maximum absolute atomic E-state index is 13.6. The topological polar surface area (TPSA) is 79.9 Å². The Morgan fingerprint density at radius 2 is 1.81 bits per heavy atom. The number of hydrogen-bond donors (Lipinski definition) is 3. The molecule has 172 valence electrons. The SMILES string of the molecule is CCNC(=NCc1cc(OC)c(OCC)c(OC)c1)NCCc1c[nH]c2ccc(F)cc12.